The highest BCUT2D eigenvalue weighted by Gasteiger charge is 2.29. The van der Waals surface area contributed by atoms with E-state index in [1.807, 2.05) is 36.5 Å². The summed E-state index contributed by atoms with van der Waals surface area (Å²) in [7, 11) is 0. The summed E-state index contributed by atoms with van der Waals surface area (Å²) >= 11 is 0. The molecule has 0 saturated carbocycles. The van der Waals surface area contributed by atoms with Gasteiger partial charge in [0.05, 0.1) is 11.9 Å². The number of para-hydroxylation sites is 1. The molecule has 0 N–H and O–H groups in total. The average Bonchev–Trinajstić information content (AvgIpc) is 3.33. The van der Waals surface area contributed by atoms with Gasteiger partial charge >= 0.3 is 5.56 Å². The number of rotatable bonds is 6. The minimum atomic E-state index is -0.190. The van der Waals surface area contributed by atoms with Gasteiger partial charge in [-0.15, -0.1) is 0 Å². The van der Waals surface area contributed by atoms with Gasteiger partial charge in [0, 0.05) is 45.6 Å². The van der Waals surface area contributed by atoms with Crippen molar-refractivity contribution in [1.82, 2.24) is 14.7 Å². The van der Waals surface area contributed by atoms with Crippen molar-refractivity contribution in [2.45, 2.75) is 38.7 Å². The molecule has 0 amide bonds. The first-order valence-electron chi connectivity index (χ1n) is 13.7. The maximum atomic E-state index is 13.8. The van der Waals surface area contributed by atoms with Gasteiger partial charge in [-0.3, -0.25) is 9.69 Å². The summed E-state index contributed by atoms with van der Waals surface area (Å²) in [4.78, 5) is 18.7. The van der Waals surface area contributed by atoms with E-state index in [-0.39, 0.29) is 11.7 Å². The Morgan fingerprint density at radius 3 is 2.35 bits per heavy atom. The Labute approximate surface area is 219 Å². The van der Waals surface area contributed by atoms with Crippen molar-refractivity contribution in [3.63, 3.8) is 0 Å². The van der Waals surface area contributed by atoms with E-state index < -0.39 is 0 Å². The minimum Gasteiger partial charge on any atom is -0.482 e. The van der Waals surface area contributed by atoms with Gasteiger partial charge in [-0.1, -0.05) is 61.5 Å². The molecule has 192 valence electrons. The van der Waals surface area contributed by atoms with Gasteiger partial charge in [0.25, 0.3) is 0 Å². The number of hydrogen-bond acceptors (Lipinski definition) is 5. The minimum absolute atomic E-state index is 0.0434. The van der Waals surface area contributed by atoms with Crippen molar-refractivity contribution in [3.8, 4) is 11.4 Å². The summed E-state index contributed by atoms with van der Waals surface area (Å²) in [6.45, 7) is 7.19. The number of anilines is 1. The molecule has 0 bridgehead atoms. The van der Waals surface area contributed by atoms with Gasteiger partial charge in [0.2, 0.25) is 5.75 Å². The molecule has 1 fully saturated rings. The Morgan fingerprint density at radius 2 is 1.65 bits per heavy atom. The third-order valence-electron chi connectivity index (χ3n) is 8.08. The van der Waals surface area contributed by atoms with Gasteiger partial charge in [0.1, 0.15) is 11.8 Å². The van der Waals surface area contributed by atoms with Gasteiger partial charge in [-0.2, -0.15) is 9.78 Å². The molecule has 37 heavy (non-hydrogen) atoms. The molecule has 0 spiro atoms. The van der Waals surface area contributed by atoms with E-state index in [0.29, 0.717) is 11.7 Å². The zero-order chi connectivity index (χ0) is 25.2. The number of nitrogens with zero attached hydrogens (tertiary/aromatic N) is 4. The molecule has 0 radical (unpaired) electrons. The molecule has 2 aromatic carbocycles. The maximum absolute atomic E-state index is 13.8. The highest BCUT2D eigenvalue weighted by atomic mass is 16.5. The molecular weight excluding hydrogens is 460 g/mol. The third-order valence-corrected chi connectivity index (χ3v) is 8.08. The summed E-state index contributed by atoms with van der Waals surface area (Å²) in [5.74, 6) is 1.85. The topological polar surface area (TPSA) is 50.6 Å². The molecule has 3 aromatic rings. The van der Waals surface area contributed by atoms with Crippen molar-refractivity contribution < 1.29 is 4.74 Å². The monoisotopic (exact) mass is 496 g/mol. The van der Waals surface area contributed by atoms with E-state index in [2.05, 4.69) is 58.2 Å². The van der Waals surface area contributed by atoms with Gasteiger partial charge < -0.3 is 9.64 Å². The highest BCUT2D eigenvalue weighted by Crippen LogP contribution is 2.31. The first kappa shape index (κ1) is 24.0. The van der Waals surface area contributed by atoms with Crippen LogP contribution in [0, 0.1) is 11.8 Å². The molecule has 2 aliphatic carbocycles. The Morgan fingerprint density at radius 1 is 0.946 bits per heavy atom. The van der Waals surface area contributed by atoms with E-state index in [1.165, 1.54) is 28.7 Å². The van der Waals surface area contributed by atoms with Crippen molar-refractivity contribution in [3.05, 3.63) is 94.4 Å². The second-order valence-electron chi connectivity index (χ2n) is 10.9. The number of ether oxygens (including phenoxy) is 1. The van der Waals surface area contributed by atoms with Crippen LogP contribution in [0.2, 0.25) is 0 Å². The lowest BCUT2D eigenvalue weighted by molar-refractivity contribution is 0.198. The van der Waals surface area contributed by atoms with Crippen LogP contribution in [0.5, 0.6) is 5.75 Å². The molecule has 3 aliphatic rings. The van der Waals surface area contributed by atoms with Crippen molar-refractivity contribution in [2.75, 3.05) is 37.6 Å². The van der Waals surface area contributed by atoms with Gasteiger partial charge in [-0.25, -0.2) is 0 Å². The lowest BCUT2D eigenvalue weighted by atomic mass is 9.87. The molecule has 2 unspecified atom stereocenters. The normalized spacial score (nSPS) is 22.2. The molecule has 6 nitrogen and oxygen atoms in total. The Bertz CT molecular complexity index is 1290. The van der Waals surface area contributed by atoms with E-state index >= 15 is 0 Å². The molecular formula is C31H36N4O2. The SMILES string of the molecule is CC1C=CCC(CN2CCN(c3cnn(-c4ccccc4)c(=O)c3OC3Cc4ccccc4C3)CC2)C1. The zero-order valence-electron chi connectivity index (χ0n) is 21.6. The average molecular weight is 497 g/mol. The number of aromatic nitrogens is 2. The molecule has 6 rings (SSSR count). The third kappa shape index (κ3) is 5.21. The van der Waals surface area contributed by atoms with E-state index in [9.17, 15) is 4.79 Å². The van der Waals surface area contributed by atoms with Crippen LogP contribution in [0.1, 0.15) is 30.9 Å². The quantitative estimate of drug-likeness (QED) is 0.470. The number of hydrogen-bond donors (Lipinski definition) is 0. The molecule has 1 aliphatic heterocycles. The van der Waals surface area contributed by atoms with Crippen LogP contribution in [-0.2, 0) is 12.8 Å². The molecule has 6 heteroatoms. The largest absolute Gasteiger partial charge is 0.482 e. The van der Waals surface area contributed by atoms with Gasteiger partial charge in [0.15, 0.2) is 0 Å². The van der Waals surface area contributed by atoms with Crippen molar-refractivity contribution >= 4 is 5.69 Å². The van der Waals surface area contributed by atoms with Crippen LogP contribution in [0.25, 0.3) is 5.69 Å². The fraction of sp³-hybridized carbons (Fsp3) is 0.419. The molecule has 2 heterocycles. The van der Waals surface area contributed by atoms with Gasteiger partial charge in [-0.05, 0) is 47.9 Å². The fourth-order valence-electron chi connectivity index (χ4n) is 6.18. The van der Waals surface area contributed by atoms with E-state index in [1.54, 1.807) is 0 Å². The fourth-order valence-corrected chi connectivity index (χ4v) is 6.18. The first-order chi connectivity index (χ1) is 18.1. The number of allylic oxidation sites excluding steroid dienone is 2. The predicted molar refractivity (Wildman–Crippen MR) is 148 cm³/mol. The van der Waals surface area contributed by atoms with E-state index in [0.717, 1.165) is 62.9 Å². The molecule has 1 saturated heterocycles. The number of benzene rings is 2. The summed E-state index contributed by atoms with van der Waals surface area (Å²) < 4.78 is 8.03. The lowest BCUT2D eigenvalue weighted by Crippen LogP contribution is -2.48. The Hall–Kier alpha value is -3.38. The Kier molecular flexibility index (Phi) is 6.83. The second kappa shape index (κ2) is 10.5. The summed E-state index contributed by atoms with van der Waals surface area (Å²) in [5.41, 5.74) is 4.00. The van der Waals surface area contributed by atoms with Crippen LogP contribution in [0.15, 0.2) is 77.7 Å². The summed E-state index contributed by atoms with van der Waals surface area (Å²) in [5, 5.41) is 4.58. The smallest absolute Gasteiger partial charge is 0.316 e. The predicted octanol–water partition coefficient (Wildman–Crippen LogP) is 4.50. The Balaban J connectivity index is 1.22. The standard InChI is InChI=1S/C31H36N4O2/c1-23-8-7-9-24(18-23)22-33-14-16-34(17-15-33)29-21-32-35(27-12-3-2-4-13-27)31(36)30(29)37-28-19-25-10-5-6-11-26(25)20-28/h2-8,10-13,21,23-24,28H,9,14-20,22H2,1H3. The van der Waals surface area contributed by atoms with E-state index in [4.69, 9.17) is 4.74 Å². The zero-order valence-corrected chi connectivity index (χ0v) is 21.6. The second-order valence-corrected chi connectivity index (χ2v) is 10.9. The number of piperazine rings is 1. The lowest BCUT2D eigenvalue weighted by Gasteiger charge is -2.38. The van der Waals surface area contributed by atoms with Crippen LogP contribution >= 0.6 is 0 Å². The van der Waals surface area contributed by atoms with Crippen LogP contribution in [0.3, 0.4) is 0 Å². The summed E-state index contributed by atoms with van der Waals surface area (Å²) in [6, 6.07) is 18.1. The first-order valence-corrected chi connectivity index (χ1v) is 13.7. The molecule has 2 atom stereocenters. The number of fused-ring (bicyclic) bond motifs is 1. The van der Waals surface area contributed by atoms with Crippen molar-refractivity contribution in [2.24, 2.45) is 11.8 Å². The van der Waals surface area contributed by atoms with Crippen LogP contribution in [0.4, 0.5) is 5.69 Å². The van der Waals surface area contributed by atoms with Crippen LogP contribution in [-0.4, -0.2) is 53.5 Å². The highest BCUT2D eigenvalue weighted by molar-refractivity contribution is 5.57. The maximum Gasteiger partial charge on any atom is 0.316 e. The van der Waals surface area contributed by atoms with Crippen molar-refractivity contribution in [1.29, 1.82) is 0 Å². The summed E-state index contributed by atoms with van der Waals surface area (Å²) in [6.07, 6.45) is 10.6. The van der Waals surface area contributed by atoms with Crippen LogP contribution < -0.4 is 15.2 Å². The molecule has 1 aromatic heterocycles.